The Bertz CT molecular complexity index is 814. The standard InChI is InChI=1S/C14H10ClN3O3/c15-14-12-10(5-6-16-14)11(7-17-12)13(19)8-1-3-9(4-2-8)18(20)21/h1-7,13,17,19H. The minimum atomic E-state index is -0.905. The first kappa shape index (κ1) is 13.5. The number of nitro benzene ring substituents is 1. The summed E-state index contributed by atoms with van der Waals surface area (Å²) in [4.78, 5) is 17.1. The molecule has 0 spiro atoms. The van der Waals surface area contributed by atoms with Crippen LogP contribution in [0.4, 0.5) is 5.69 Å². The number of nitro groups is 1. The first-order chi connectivity index (χ1) is 10.1. The number of fused-ring (bicyclic) bond motifs is 1. The third kappa shape index (κ3) is 2.35. The maximum absolute atomic E-state index is 10.6. The number of hydrogen-bond donors (Lipinski definition) is 2. The molecule has 0 saturated heterocycles. The third-order valence-electron chi connectivity index (χ3n) is 3.30. The maximum Gasteiger partial charge on any atom is 0.269 e. The molecule has 0 bridgehead atoms. The molecule has 1 unspecified atom stereocenters. The van der Waals surface area contributed by atoms with Gasteiger partial charge in [0.2, 0.25) is 0 Å². The SMILES string of the molecule is O=[N+]([O-])c1ccc(C(O)c2c[nH]c3c(Cl)nccc23)cc1. The zero-order valence-corrected chi connectivity index (χ0v) is 11.4. The lowest BCUT2D eigenvalue weighted by Crippen LogP contribution is -1.99. The van der Waals surface area contributed by atoms with Gasteiger partial charge in [-0.25, -0.2) is 4.98 Å². The highest BCUT2D eigenvalue weighted by Crippen LogP contribution is 2.31. The highest BCUT2D eigenvalue weighted by atomic mass is 35.5. The number of hydrogen-bond acceptors (Lipinski definition) is 4. The van der Waals surface area contributed by atoms with Gasteiger partial charge in [0.05, 0.1) is 10.4 Å². The molecule has 0 amide bonds. The van der Waals surface area contributed by atoms with Crippen LogP contribution in [-0.4, -0.2) is 20.0 Å². The minimum absolute atomic E-state index is 0.0166. The Kier molecular flexibility index (Phi) is 3.32. The molecule has 3 aromatic rings. The van der Waals surface area contributed by atoms with E-state index in [1.807, 2.05) is 0 Å². The second kappa shape index (κ2) is 5.16. The third-order valence-corrected chi connectivity index (χ3v) is 3.59. The number of pyridine rings is 1. The van der Waals surface area contributed by atoms with E-state index in [9.17, 15) is 15.2 Å². The fourth-order valence-electron chi connectivity index (χ4n) is 2.23. The topological polar surface area (TPSA) is 92.0 Å². The van der Waals surface area contributed by atoms with Crippen LogP contribution in [0.2, 0.25) is 5.15 Å². The van der Waals surface area contributed by atoms with Gasteiger partial charge in [0.25, 0.3) is 5.69 Å². The van der Waals surface area contributed by atoms with Crippen LogP contribution in [-0.2, 0) is 0 Å². The number of non-ortho nitro benzene ring substituents is 1. The van der Waals surface area contributed by atoms with Crippen LogP contribution < -0.4 is 0 Å². The van der Waals surface area contributed by atoms with Crippen molar-refractivity contribution < 1.29 is 10.0 Å². The number of aromatic amines is 1. The first-order valence-corrected chi connectivity index (χ1v) is 6.49. The largest absolute Gasteiger partial charge is 0.384 e. The van der Waals surface area contributed by atoms with E-state index in [1.165, 1.54) is 24.3 Å². The van der Waals surface area contributed by atoms with Crippen LogP contribution in [0, 0.1) is 10.1 Å². The van der Waals surface area contributed by atoms with Crippen LogP contribution in [0.1, 0.15) is 17.2 Å². The Labute approximate surface area is 124 Å². The molecule has 0 radical (unpaired) electrons. The number of aliphatic hydroxyl groups is 1. The van der Waals surface area contributed by atoms with E-state index in [2.05, 4.69) is 9.97 Å². The average molecular weight is 304 g/mol. The van der Waals surface area contributed by atoms with Crippen molar-refractivity contribution in [3.63, 3.8) is 0 Å². The van der Waals surface area contributed by atoms with Gasteiger partial charge < -0.3 is 10.1 Å². The highest BCUT2D eigenvalue weighted by molar-refractivity contribution is 6.33. The molecule has 0 fully saturated rings. The van der Waals surface area contributed by atoms with E-state index in [4.69, 9.17) is 11.6 Å². The Morgan fingerprint density at radius 3 is 2.67 bits per heavy atom. The summed E-state index contributed by atoms with van der Waals surface area (Å²) in [5, 5.41) is 22.2. The van der Waals surface area contributed by atoms with Gasteiger partial charge in [0.15, 0.2) is 5.15 Å². The molecule has 1 aromatic carbocycles. The Morgan fingerprint density at radius 1 is 1.29 bits per heavy atom. The van der Waals surface area contributed by atoms with Gasteiger partial charge in [0.1, 0.15) is 6.10 Å². The lowest BCUT2D eigenvalue weighted by atomic mass is 10.0. The number of rotatable bonds is 3. The van der Waals surface area contributed by atoms with Gasteiger partial charge in [0, 0.05) is 35.5 Å². The van der Waals surface area contributed by atoms with E-state index < -0.39 is 11.0 Å². The Morgan fingerprint density at radius 2 is 2.00 bits per heavy atom. The van der Waals surface area contributed by atoms with E-state index >= 15 is 0 Å². The normalized spacial score (nSPS) is 12.5. The Hall–Kier alpha value is -2.44. The first-order valence-electron chi connectivity index (χ1n) is 6.12. The van der Waals surface area contributed by atoms with Crippen molar-refractivity contribution in [1.82, 2.24) is 9.97 Å². The van der Waals surface area contributed by atoms with Gasteiger partial charge in [-0.15, -0.1) is 0 Å². The summed E-state index contributed by atoms with van der Waals surface area (Å²) in [6, 6.07) is 7.54. The second-order valence-corrected chi connectivity index (χ2v) is 4.88. The number of halogens is 1. The average Bonchev–Trinajstić information content (AvgIpc) is 2.92. The fourth-order valence-corrected chi connectivity index (χ4v) is 2.44. The fraction of sp³-hybridized carbons (Fsp3) is 0.0714. The molecule has 0 aliphatic rings. The predicted molar refractivity (Wildman–Crippen MR) is 78.3 cm³/mol. The van der Waals surface area contributed by atoms with E-state index in [0.717, 1.165) is 5.39 Å². The highest BCUT2D eigenvalue weighted by Gasteiger charge is 2.17. The number of aliphatic hydroxyl groups excluding tert-OH is 1. The number of aromatic nitrogens is 2. The quantitative estimate of drug-likeness (QED) is 0.441. The molecule has 3 rings (SSSR count). The van der Waals surface area contributed by atoms with Crippen LogP contribution in [0.15, 0.2) is 42.7 Å². The van der Waals surface area contributed by atoms with Crippen molar-refractivity contribution in [2.45, 2.75) is 6.10 Å². The van der Waals surface area contributed by atoms with Crippen molar-refractivity contribution in [3.8, 4) is 0 Å². The van der Waals surface area contributed by atoms with Crippen molar-refractivity contribution in [2.75, 3.05) is 0 Å². The number of nitrogens with zero attached hydrogens (tertiary/aromatic N) is 2. The van der Waals surface area contributed by atoms with E-state index in [0.29, 0.717) is 21.8 Å². The molecular formula is C14H10ClN3O3. The number of H-pyrrole nitrogens is 1. The monoisotopic (exact) mass is 303 g/mol. The molecule has 106 valence electrons. The van der Waals surface area contributed by atoms with Crippen LogP contribution >= 0.6 is 11.6 Å². The van der Waals surface area contributed by atoms with Gasteiger partial charge in [-0.2, -0.15) is 0 Å². The molecule has 7 heteroatoms. The van der Waals surface area contributed by atoms with Crippen LogP contribution in [0.3, 0.4) is 0 Å². The van der Waals surface area contributed by atoms with Crippen molar-refractivity contribution in [3.05, 3.63) is 69.1 Å². The van der Waals surface area contributed by atoms with Crippen LogP contribution in [0.25, 0.3) is 10.9 Å². The molecule has 2 aromatic heterocycles. The van der Waals surface area contributed by atoms with E-state index in [-0.39, 0.29) is 5.69 Å². The summed E-state index contributed by atoms with van der Waals surface area (Å²) in [7, 11) is 0. The molecule has 21 heavy (non-hydrogen) atoms. The zero-order chi connectivity index (χ0) is 15.0. The van der Waals surface area contributed by atoms with Gasteiger partial charge in [-0.1, -0.05) is 11.6 Å². The van der Waals surface area contributed by atoms with E-state index in [1.54, 1.807) is 18.5 Å². The van der Waals surface area contributed by atoms with Gasteiger partial charge in [-0.05, 0) is 23.8 Å². The maximum atomic E-state index is 10.6. The molecule has 2 heterocycles. The molecular weight excluding hydrogens is 294 g/mol. The van der Waals surface area contributed by atoms with Crippen molar-refractivity contribution in [2.24, 2.45) is 0 Å². The minimum Gasteiger partial charge on any atom is -0.384 e. The smallest absolute Gasteiger partial charge is 0.269 e. The van der Waals surface area contributed by atoms with Crippen molar-refractivity contribution >= 4 is 28.2 Å². The Balaban J connectivity index is 2.02. The second-order valence-electron chi connectivity index (χ2n) is 4.52. The molecule has 0 aliphatic heterocycles. The zero-order valence-electron chi connectivity index (χ0n) is 10.7. The number of benzene rings is 1. The summed E-state index contributed by atoms with van der Waals surface area (Å²) in [5.41, 5.74) is 1.84. The predicted octanol–water partition coefficient (Wildman–Crippen LogP) is 3.21. The molecule has 2 N–H and O–H groups in total. The summed E-state index contributed by atoms with van der Waals surface area (Å²) in [5.74, 6) is 0. The lowest BCUT2D eigenvalue weighted by molar-refractivity contribution is -0.384. The van der Waals surface area contributed by atoms with Crippen molar-refractivity contribution in [1.29, 1.82) is 0 Å². The summed E-state index contributed by atoms with van der Waals surface area (Å²) >= 11 is 5.98. The molecule has 6 nitrogen and oxygen atoms in total. The van der Waals surface area contributed by atoms with Gasteiger partial charge in [-0.3, -0.25) is 10.1 Å². The van der Waals surface area contributed by atoms with Gasteiger partial charge >= 0.3 is 0 Å². The molecule has 0 saturated carbocycles. The summed E-state index contributed by atoms with van der Waals surface area (Å²) in [6.45, 7) is 0. The summed E-state index contributed by atoms with van der Waals surface area (Å²) < 4.78 is 0. The molecule has 0 aliphatic carbocycles. The molecule has 1 atom stereocenters. The van der Waals surface area contributed by atoms with Crippen LogP contribution in [0.5, 0.6) is 0 Å². The lowest BCUT2D eigenvalue weighted by Gasteiger charge is -2.10. The number of nitrogens with one attached hydrogen (secondary N) is 1. The summed E-state index contributed by atoms with van der Waals surface area (Å²) in [6.07, 6.45) is 2.31.